The summed E-state index contributed by atoms with van der Waals surface area (Å²) in [5.41, 5.74) is 0.710. The average Bonchev–Trinajstić information content (AvgIpc) is 2.33. The smallest absolute Gasteiger partial charge is 0.328 e. The number of para-hydroxylation sites is 1. The molecule has 0 aliphatic rings. The van der Waals surface area contributed by atoms with E-state index in [1.54, 1.807) is 6.07 Å². The molecule has 0 aliphatic heterocycles. The van der Waals surface area contributed by atoms with E-state index in [2.05, 4.69) is 15.9 Å². The van der Waals surface area contributed by atoms with Crippen molar-refractivity contribution >= 4 is 28.0 Å². The number of aliphatic carboxylic acids is 1. The van der Waals surface area contributed by atoms with Gasteiger partial charge in [0.2, 0.25) is 0 Å². The third-order valence-electron chi connectivity index (χ3n) is 2.18. The normalized spacial score (nSPS) is 11.2. The number of carboxylic acid groups (broad SMARTS) is 1. The van der Waals surface area contributed by atoms with E-state index < -0.39 is 5.97 Å². The third kappa shape index (κ3) is 5.89. The van der Waals surface area contributed by atoms with Gasteiger partial charge in [-0.2, -0.15) is 0 Å². The van der Waals surface area contributed by atoms with Crippen molar-refractivity contribution in [3.05, 3.63) is 34.3 Å². The van der Waals surface area contributed by atoms with E-state index >= 15 is 0 Å². The Morgan fingerprint density at radius 3 is 2.79 bits per heavy atom. The number of rotatable bonds is 7. The summed E-state index contributed by atoms with van der Waals surface area (Å²) in [4.78, 5) is 10.5. The van der Waals surface area contributed by atoms with Gasteiger partial charge in [0.05, 0.1) is 17.2 Å². The van der Waals surface area contributed by atoms with Crippen molar-refractivity contribution < 1.29 is 19.4 Å². The van der Waals surface area contributed by atoms with E-state index in [1.165, 1.54) is 6.08 Å². The summed E-state index contributed by atoms with van der Waals surface area (Å²) in [5, 5.41) is 8.65. The van der Waals surface area contributed by atoms with Crippen LogP contribution in [0.15, 0.2) is 28.7 Å². The fraction of sp³-hybridized carbons (Fsp3) is 0.357. The molecular formula is C14H17BrO4. The Kier molecular flexibility index (Phi) is 6.59. The highest BCUT2D eigenvalue weighted by Gasteiger charge is 2.06. The van der Waals surface area contributed by atoms with Crippen LogP contribution in [0.4, 0.5) is 0 Å². The highest BCUT2D eigenvalue weighted by atomic mass is 79.9. The summed E-state index contributed by atoms with van der Waals surface area (Å²) >= 11 is 3.39. The van der Waals surface area contributed by atoms with Crippen molar-refractivity contribution in [2.45, 2.75) is 20.0 Å². The highest BCUT2D eigenvalue weighted by Crippen LogP contribution is 2.30. The van der Waals surface area contributed by atoms with Crippen LogP contribution in [0.1, 0.15) is 19.4 Å². The third-order valence-corrected chi connectivity index (χ3v) is 2.81. The van der Waals surface area contributed by atoms with Gasteiger partial charge in [-0.3, -0.25) is 0 Å². The Morgan fingerprint density at radius 2 is 2.16 bits per heavy atom. The lowest BCUT2D eigenvalue weighted by atomic mass is 10.2. The Labute approximate surface area is 121 Å². The molecule has 1 aromatic rings. The highest BCUT2D eigenvalue weighted by molar-refractivity contribution is 9.10. The maximum Gasteiger partial charge on any atom is 0.328 e. The van der Waals surface area contributed by atoms with Crippen molar-refractivity contribution in [2.75, 3.05) is 13.2 Å². The summed E-state index contributed by atoms with van der Waals surface area (Å²) in [5.74, 6) is -0.374. The quantitative estimate of drug-likeness (QED) is 0.616. The van der Waals surface area contributed by atoms with Gasteiger partial charge in [0.1, 0.15) is 12.4 Å². The van der Waals surface area contributed by atoms with Gasteiger partial charge in [-0.15, -0.1) is 0 Å². The summed E-state index contributed by atoms with van der Waals surface area (Å²) in [7, 11) is 0. The van der Waals surface area contributed by atoms with Crippen LogP contribution in [0.25, 0.3) is 6.08 Å². The van der Waals surface area contributed by atoms with Crippen LogP contribution in [0, 0.1) is 0 Å². The summed E-state index contributed by atoms with van der Waals surface area (Å²) < 4.78 is 11.8. The number of ether oxygens (including phenoxy) is 2. The first-order chi connectivity index (χ1) is 9.00. The van der Waals surface area contributed by atoms with Crippen LogP contribution in [0.2, 0.25) is 0 Å². The summed E-state index contributed by atoms with van der Waals surface area (Å²) in [6, 6.07) is 5.46. The Bertz CT molecular complexity index is 455. The van der Waals surface area contributed by atoms with Gasteiger partial charge < -0.3 is 14.6 Å². The first-order valence-electron chi connectivity index (χ1n) is 5.94. The molecule has 0 unspecified atom stereocenters. The van der Waals surface area contributed by atoms with E-state index in [4.69, 9.17) is 14.6 Å². The Morgan fingerprint density at radius 1 is 1.42 bits per heavy atom. The van der Waals surface area contributed by atoms with Gasteiger partial charge in [0.25, 0.3) is 0 Å². The summed E-state index contributed by atoms with van der Waals surface area (Å²) in [6.45, 7) is 4.81. The first kappa shape index (κ1) is 15.7. The maximum absolute atomic E-state index is 10.5. The minimum Gasteiger partial charge on any atom is -0.489 e. The fourth-order valence-corrected chi connectivity index (χ4v) is 1.89. The lowest BCUT2D eigenvalue weighted by Crippen LogP contribution is -2.11. The number of hydrogen-bond acceptors (Lipinski definition) is 3. The van der Waals surface area contributed by atoms with Crippen molar-refractivity contribution in [1.29, 1.82) is 0 Å². The maximum atomic E-state index is 10.5. The zero-order valence-electron chi connectivity index (χ0n) is 10.9. The number of carbonyl (C=O) groups is 1. The van der Waals surface area contributed by atoms with Crippen LogP contribution >= 0.6 is 15.9 Å². The molecule has 19 heavy (non-hydrogen) atoms. The van der Waals surface area contributed by atoms with Crippen molar-refractivity contribution in [3.8, 4) is 5.75 Å². The van der Waals surface area contributed by atoms with Crippen LogP contribution in [0.5, 0.6) is 5.75 Å². The van der Waals surface area contributed by atoms with E-state index in [0.29, 0.717) is 24.5 Å². The van der Waals surface area contributed by atoms with Crippen molar-refractivity contribution in [3.63, 3.8) is 0 Å². The number of carboxylic acids is 1. The molecule has 1 rings (SSSR count). The van der Waals surface area contributed by atoms with E-state index in [1.807, 2.05) is 26.0 Å². The molecule has 0 bridgehead atoms. The zero-order valence-corrected chi connectivity index (χ0v) is 12.5. The average molecular weight is 329 g/mol. The fourth-order valence-electron chi connectivity index (χ4n) is 1.40. The molecular weight excluding hydrogens is 312 g/mol. The SMILES string of the molecule is CC(C)OCCOc1c(Br)cccc1/C=C/C(=O)O. The predicted octanol–water partition coefficient (Wildman–Crippen LogP) is 3.35. The largest absolute Gasteiger partial charge is 0.489 e. The number of halogens is 1. The topological polar surface area (TPSA) is 55.8 Å². The molecule has 5 heteroatoms. The van der Waals surface area contributed by atoms with Gasteiger partial charge in [-0.1, -0.05) is 12.1 Å². The monoisotopic (exact) mass is 328 g/mol. The van der Waals surface area contributed by atoms with Crippen LogP contribution in [-0.4, -0.2) is 30.4 Å². The van der Waals surface area contributed by atoms with E-state index in [-0.39, 0.29) is 6.10 Å². The molecule has 0 amide bonds. The number of benzene rings is 1. The molecule has 0 saturated carbocycles. The van der Waals surface area contributed by atoms with Crippen LogP contribution in [0.3, 0.4) is 0 Å². The second-order valence-corrected chi connectivity index (χ2v) is 4.95. The van der Waals surface area contributed by atoms with Crippen molar-refractivity contribution in [2.24, 2.45) is 0 Å². The first-order valence-corrected chi connectivity index (χ1v) is 6.74. The van der Waals surface area contributed by atoms with E-state index in [9.17, 15) is 4.79 Å². The molecule has 0 heterocycles. The van der Waals surface area contributed by atoms with Gasteiger partial charge in [0, 0.05) is 11.6 Å². The second kappa shape index (κ2) is 7.96. The molecule has 0 radical (unpaired) electrons. The zero-order chi connectivity index (χ0) is 14.3. The standard InChI is InChI=1S/C14H17BrO4/c1-10(2)18-8-9-19-14-11(6-7-13(16)17)4-3-5-12(14)15/h3-7,10H,8-9H2,1-2H3,(H,16,17)/b7-6+. The molecule has 1 N–H and O–H groups in total. The second-order valence-electron chi connectivity index (χ2n) is 4.10. The molecule has 0 saturated heterocycles. The van der Waals surface area contributed by atoms with Crippen LogP contribution in [-0.2, 0) is 9.53 Å². The van der Waals surface area contributed by atoms with Gasteiger partial charge in [0.15, 0.2) is 0 Å². The Balaban J connectivity index is 2.72. The minimum atomic E-state index is -0.992. The molecule has 0 fully saturated rings. The molecule has 0 aromatic heterocycles. The molecule has 1 aromatic carbocycles. The predicted molar refractivity (Wildman–Crippen MR) is 77.4 cm³/mol. The van der Waals surface area contributed by atoms with E-state index in [0.717, 1.165) is 10.5 Å². The van der Waals surface area contributed by atoms with Gasteiger partial charge in [-0.05, 0) is 41.9 Å². The molecule has 0 atom stereocenters. The lowest BCUT2D eigenvalue weighted by molar-refractivity contribution is -0.131. The summed E-state index contributed by atoms with van der Waals surface area (Å²) in [6.07, 6.45) is 2.75. The lowest BCUT2D eigenvalue weighted by Gasteiger charge is -2.12. The minimum absolute atomic E-state index is 0.161. The Hall–Kier alpha value is -1.33. The molecule has 4 nitrogen and oxygen atoms in total. The molecule has 0 aliphatic carbocycles. The van der Waals surface area contributed by atoms with Crippen LogP contribution < -0.4 is 4.74 Å². The van der Waals surface area contributed by atoms with Gasteiger partial charge in [-0.25, -0.2) is 4.79 Å². The van der Waals surface area contributed by atoms with Gasteiger partial charge >= 0.3 is 5.97 Å². The number of hydrogen-bond donors (Lipinski definition) is 1. The molecule has 0 spiro atoms. The molecule has 104 valence electrons. The van der Waals surface area contributed by atoms with Crippen molar-refractivity contribution in [1.82, 2.24) is 0 Å².